The van der Waals surface area contributed by atoms with Crippen molar-refractivity contribution in [2.45, 2.75) is 39.0 Å². The van der Waals surface area contributed by atoms with Crippen molar-refractivity contribution in [3.05, 3.63) is 52.0 Å². The van der Waals surface area contributed by atoms with Crippen molar-refractivity contribution < 1.29 is 12.9 Å². The van der Waals surface area contributed by atoms with Gasteiger partial charge in [0.05, 0.1) is 16.3 Å². The average Bonchev–Trinajstić information content (AvgIpc) is 3.11. The van der Waals surface area contributed by atoms with E-state index in [2.05, 4.69) is 9.88 Å². The number of hydrogen-bond acceptors (Lipinski definition) is 5. The first kappa shape index (κ1) is 17.7. The van der Waals surface area contributed by atoms with Gasteiger partial charge in [-0.1, -0.05) is 30.3 Å². The van der Waals surface area contributed by atoms with Gasteiger partial charge in [-0.15, -0.1) is 11.3 Å². The second-order valence-corrected chi connectivity index (χ2v) is 8.78. The molecule has 3 rings (SSSR count). The molecule has 0 bridgehead atoms. The summed E-state index contributed by atoms with van der Waals surface area (Å²) in [5.74, 6) is 0.626. The van der Waals surface area contributed by atoms with E-state index in [-0.39, 0.29) is 4.90 Å². The van der Waals surface area contributed by atoms with Crippen molar-refractivity contribution in [3.63, 3.8) is 0 Å². The van der Waals surface area contributed by atoms with Crippen molar-refractivity contribution >= 4 is 27.0 Å². The Morgan fingerprint density at radius 2 is 1.92 bits per heavy atom. The SMILES string of the molecule is CCc1ccccc1NS(=O)(=O)c1cc(-c2onc(C)c2C)sc1C. The molecule has 0 aliphatic heterocycles. The minimum absolute atomic E-state index is 0.270. The van der Waals surface area contributed by atoms with E-state index in [0.29, 0.717) is 16.3 Å². The highest BCUT2D eigenvalue weighted by Gasteiger charge is 2.23. The summed E-state index contributed by atoms with van der Waals surface area (Å²) in [4.78, 5) is 1.75. The van der Waals surface area contributed by atoms with Gasteiger partial charge in [-0.3, -0.25) is 4.72 Å². The second kappa shape index (κ2) is 6.65. The van der Waals surface area contributed by atoms with Crippen LogP contribution >= 0.6 is 11.3 Å². The molecule has 0 fully saturated rings. The normalized spacial score (nSPS) is 11.7. The fourth-order valence-electron chi connectivity index (χ4n) is 2.62. The number of sulfonamides is 1. The van der Waals surface area contributed by atoms with Gasteiger partial charge in [0.25, 0.3) is 10.0 Å². The number of aryl methyl sites for hydroxylation is 3. The smallest absolute Gasteiger partial charge is 0.263 e. The molecule has 0 unspecified atom stereocenters. The molecule has 0 atom stereocenters. The summed E-state index contributed by atoms with van der Waals surface area (Å²) in [7, 11) is -3.67. The summed E-state index contributed by atoms with van der Waals surface area (Å²) < 4.78 is 33.8. The lowest BCUT2D eigenvalue weighted by Crippen LogP contribution is -2.14. The van der Waals surface area contributed by atoms with Crippen LogP contribution in [0.5, 0.6) is 0 Å². The third-order valence-corrected chi connectivity index (χ3v) is 6.86. The average molecular weight is 377 g/mol. The minimum Gasteiger partial charge on any atom is -0.355 e. The van der Waals surface area contributed by atoms with Crippen LogP contribution in [0.2, 0.25) is 0 Å². The maximum Gasteiger partial charge on any atom is 0.263 e. The van der Waals surface area contributed by atoms with E-state index in [1.807, 2.05) is 39.0 Å². The first-order valence-corrected chi connectivity index (χ1v) is 10.3. The fraction of sp³-hybridized carbons (Fsp3) is 0.278. The third-order valence-electron chi connectivity index (χ3n) is 4.19. The van der Waals surface area contributed by atoms with Crippen molar-refractivity contribution in [1.82, 2.24) is 5.16 Å². The van der Waals surface area contributed by atoms with Gasteiger partial charge in [0.1, 0.15) is 4.90 Å². The van der Waals surface area contributed by atoms with Crippen LogP contribution in [0.4, 0.5) is 5.69 Å². The lowest BCUT2D eigenvalue weighted by atomic mass is 10.1. The number of hydrogen-bond donors (Lipinski definition) is 1. The highest BCUT2D eigenvalue weighted by atomic mass is 32.2. The largest absolute Gasteiger partial charge is 0.355 e. The summed E-state index contributed by atoms with van der Waals surface area (Å²) >= 11 is 1.39. The Labute approximate surface area is 151 Å². The van der Waals surface area contributed by atoms with E-state index in [9.17, 15) is 8.42 Å². The lowest BCUT2D eigenvalue weighted by molar-refractivity contribution is 0.427. The topological polar surface area (TPSA) is 72.2 Å². The summed E-state index contributed by atoms with van der Waals surface area (Å²) in [6, 6.07) is 9.08. The number of para-hydroxylation sites is 1. The zero-order valence-electron chi connectivity index (χ0n) is 14.6. The molecular formula is C18H20N2O3S2. The highest BCUT2D eigenvalue weighted by Crippen LogP contribution is 2.36. The summed E-state index contributed by atoms with van der Waals surface area (Å²) in [6.45, 7) is 7.58. The van der Waals surface area contributed by atoms with Crippen molar-refractivity contribution in [2.24, 2.45) is 0 Å². The van der Waals surface area contributed by atoms with E-state index in [0.717, 1.165) is 28.1 Å². The van der Waals surface area contributed by atoms with E-state index in [4.69, 9.17) is 4.52 Å². The summed E-state index contributed by atoms with van der Waals surface area (Å²) in [5, 5.41) is 3.95. The maximum atomic E-state index is 12.9. The molecule has 0 aliphatic carbocycles. The first-order chi connectivity index (χ1) is 11.8. The van der Waals surface area contributed by atoms with Gasteiger partial charge >= 0.3 is 0 Å². The molecule has 0 aliphatic rings. The Hall–Kier alpha value is -2.12. The van der Waals surface area contributed by atoms with Gasteiger partial charge < -0.3 is 4.52 Å². The molecule has 5 nitrogen and oxygen atoms in total. The van der Waals surface area contributed by atoms with Gasteiger partial charge in [-0.25, -0.2) is 8.42 Å². The monoisotopic (exact) mass is 376 g/mol. The molecule has 0 saturated carbocycles. The molecule has 3 aromatic rings. The van der Waals surface area contributed by atoms with Gasteiger partial charge in [-0.2, -0.15) is 0 Å². The van der Waals surface area contributed by atoms with E-state index in [1.54, 1.807) is 19.1 Å². The highest BCUT2D eigenvalue weighted by molar-refractivity contribution is 7.93. The molecule has 132 valence electrons. The Morgan fingerprint density at radius 1 is 1.20 bits per heavy atom. The molecule has 0 spiro atoms. The molecule has 0 amide bonds. The molecule has 2 heterocycles. The molecule has 7 heteroatoms. The molecule has 2 aromatic heterocycles. The Balaban J connectivity index is 2.00. The van der Waals surface area contributed by atoms with Gasteiger partial charge in [-0.05, 0) is 44.9 Å². The predicted octanol–water partition coefficient (Wildman–Crippen LogP) is 4.69. The van der Waals surface area contributed by atoms with Crippen molar-refractivity contribution in [3.8, 4) is 10.6 Å². The Morgan fingerprint density at radius 3 is 2.56 bits per heavy atom. The number of rotatable bonds is 5. The molecule has 1 aromatic carbocycles. The van der Waals surface area contributed by atoms with Gasteiger partial charge in [0.2, 0.25) is 0 Å². The van der Waals surface area contributed by atoms with E-state index in [1.165, 1.54) is 11.3 Å². The van der Waals surface area contributed by atoms with Crippen LogP contribution in [0.15, 0.2) is 39.8 Å². The van der Waals surface area contributed by atoms with E-state index >= 15 is 0 Å². The van der Waals surface area contributed by atoms with Crippen LogP contribution in [-0.4, -0.2) is 13.6 Å². The Bertz CT molecular complexity index is 1020. The van der Waals surface area contributed by atoms with Crippen molar-refractivity contribution in [1.29, 1.82) is 0 Å². The fourth-order valence-corrected chi connectivity index (χ4v) is 5.35. The van der Waals surface area contributed by atoms with Crippen LogP contribution in [0.1, 0.15) is 28.6 Å². The number of anilines is 1. The van der Waals surface area contributed by atoms with Crippen LogP contribution < -0.4 is 4.72 Å². The van der Waals surface area contributed by atoms with Gasteiger partial charge in [0.15, 0.2) is 5.76 Å². The first-order valence-electron chi connectivity index (χ1n) is 7.98. The van der Waals surface area contributed by atoms with E-state index < -0.39 is 10.0 Å². The second-order valence-electron chi connectivity index (χ2n) is 5.87. The molecule has 0 radical (unpaired) electrons. The molecule has 0 saturated heterocycles. The number of thiophene rings is 1. The Kier molecular flexibility index (Phi) is 4.71. The standard InChI is InChI=1S/C18H20N2O3S2/c1-5-14-8-6-7-9-15(14)20-25(21,22)17-10-16(24-13(17)4)18-11(2)12(3)19-23-18/h6-10,20H,5H2,1-4H3. The van der Waals surface area contributed by atoms with Crippen LogP contribution in [-0.2, 0) is 16.4 Å². The zero-order chi connectivity index (χ0) is 18.2. The molecule has 1 N–H and O–H groups in total. The van der Waals surface area contributed by atoms with Gasteiger partial charge in [0, 0.05) is 10.4 Å². The zero-order valence-corrected chi connectivity index (χ0v) is 16.2. The van der Waals surface area contributed by atoms with Crippen LogP contribution in [0.25, 0.3) is 10.6 Å². The number of aromatic nitrogens is 1. The maximum absolute atomic E-state index is 12.9. The minimum atomic E-state index is -3.67. The third kappa shape index (κ3) is 3.34. The summed E-state index contributed by atoms with van der Waals surface area (Å²) in [5.41, 5.74) is 3.31. The summed E-state index contributed by atoms with van der Waals surface area (Å²) in [6.07, 6.45) is 0.753. The number of benzene rings is 1. The number of nitrogens with zero attached hydrogens (tertiary/aromatic N) is 1. The molecule has 25 heavy (non-hydrogen) atoms. The van der Waals surface area contributed by atoms with Crippen LogP contribution in [0.3, 0.4) is 0 Å². The quantitative estimate of drug-likeness (QED) is 0.701. The molecular weight excluding hydrogens is 356 g/mol. The van der Waals surface area contributed by atoms with Crippen LogP contribution in [0, 0.1) is 20.8 Å². The predicted molar refractivity (Wildman–Crippen MR) is 101 cm³/mol. The van der Waals surface area contributed by atoms with Crippen molar-refractivity contribution in [2.75, 3.05) is 4.72 Å². The number of nitrogens with one attached hydrogen (secondary N) is 1. The lowest BCUT2D eigenvalue weighted by Gasteiger charge is -2.11.